The number of anilines is 1. The molecule has 0 radical (unpaired) electrons. The van der Waals surface area contributed by atoms with E-state index in [0.717, 1.165) is 0 Å². The van der Waals surface area contributed by atoms with E-state index in [1.165, 1.54) is 11.9 Å². The summed E-state index contributed by atoms with van der Waals surface area (Å²) in [5.74, 6) is 0.654. The quantitative estimate of drug-likeness (QED) is 0.860. The predicted octanol–water partition coefficient (Wildman–Crippen LogP) is 2.26. The lowest BCUT2D eigenvalue weighted by Gasteiger charge is -2.20. The number of aliphatic hydroxyl groups is 1. The van der Waals surface area contributed by atoms with Crippen molar-refractivity contribution in [3.63, 3.8) is 0 Å². The molecule has 18 heavy (non-hydrogen) atoms. The normalized spacial score (nSPS) is 10.4. The van der Waals surface area contributed by atoms with Crippen LogP contribution >= 0.6 is 11.6 Å². The number of rotatable bonds is 4. The van der Waals surface area contributed by atoms with E-state index >= 15 is 0 Å². The lowest BCUT2D eigenvalue weighted by atomic mass is 10.2. The summed E-state index contributed by atoms with van der Waals surface area (Å²) in [6, 6.07) is 10.0. The van der Waals surface area contributed by atoms with Gasteiger partial charge in [0.25, 0.3) is 0 Å². The van der Waals surface area contributed by atoms with Gasteiger partial charge in [0.2, 0.25) is 0 Å². The van der Waals surface area contributed by atoms with E-state index < -0.39 is 0 Å². The third-order valence-corrected chi connectivity index (χ3v) is 2.98. The fourth-order valence-corrected chi connectivity index (χ4v) is 1.97. The standard InChI is InChI=1S/C13H14ClN3O/c1-17(7-10-5-3-2-4-6-10)13-11(8-18)12(14)15-9-16-13/h2-6,9,18H,7-8H2,1H3. The Bertz CT molecular complexity index is 519. The van der Waals surface area contributed by atoms with Crippen molar-refractivity contribution >= 4 is 17.4 Å². The molecule has 0 aliphatic heterocycles. The summed E-state index contributed by atoms with van der Waals surface area (Å²) in [4.78, 5) is 9.98. The van der Waals surface area contributed by atoms with Gasteiger partial charge in [-0.25, -0.2) is 9.97 Å². The van der Waals surface area contributed by atoms with Crippen LogP contribution in [0.1, 0.15) is 11.1 Å². The monoisotopic (exact) mass is 263 g/mol. The number of hydrogen-bond acceptors (Lipinski definition) is 4. The lowest BCUT2D eigenvalue weighted by Crippen LogP contribution is -2.20. The average Bonchev–Trinajstić information content (AvgIpc) is 2.39. The van der Waals surface area contributed by atoms with Gasteiger partial charge in [-0.15, -0.1) is 0 Å². The predicted molar refractivity (Wildman–Crippen MR) is 71.5 cm³/mol. The first-order valence-electron chi connectivity index (χ1n) is 5.57. The van der Waals surface area contributed by atoms with Crippen molar-refractivity contribution in [2.75, 3.05) is 11.9 Å². The highest BCUT2D eigenvalue weighted by Gasteiger charge is 2.12. The lowest BCUT2D eigenvalue weighted by molar-refractivity contribution is 0.281. The SMILES string of the molecule is CN(Cc1ccccc1)c1ncnc(Cl)c1CO. The molecule has 5 heteroatoms. The van der Waals surface area contributed by atoms with Crippen molar-refractivity contribution < 1.29 is 5.11 Å². The topological polar surface area (TPSA) is 49.2 Å². The molecule has 0 amide bonds. The Morgan fingerprint density at radius 1 is 1.22 bits per heavy atom. The molecule has 2 rings (SSSR count). The molecule has 0 fully saturated rings. The number of nitrogens with zero attached hydrogens (tertiary/aromatic N) is 3. The smallest absolute Gasteiger partial charge is 0.140 e. The molecule has 0 bridgehead atoms. The molecule has 1 aromatic carbocycles. The fourth-order valence-electron chi connectivity index (χ4n) is 1.78. The number of benzene rings is 1. The minimum absolute atomic E-state index is 0.172. The van der Waals surface area contributed by atoms with Gasteiger partial charge in [-0.05, 0) is 5.56 Å². The largest absolute Gasteiger partial charge is 0.391 e. The van der Waals surface area contributed by atoms with Crippen LogP contribution in [-0.2, 0) is 13.2 Å². The van der Waals surface area contributed by atoms with Crippen molar-refractivity contribution in [3.05, 3.63) is 52.9 Å². The highest BCUT2D eigenvalue weighted by atomic mass is 35.5. The van der Waals surface area contributed by atoms with E-state index in [4.69, 9.17) is 11.6 Å². The molecule has 1 heterocycles. The first kappa shape index (κ1) is 12.8. The molecule has 1 aromatic heterocycles. The summed E-state index contributed by atoms with van der Waals surface area (Å²) in [5, 5.41) is 9.62. The second-order valence-corrected chi connectivity index (χ2v) is 4.32. The Morgan fingerprint density at radius 3 is 2.61 bits per heavy atom. The summed E-state index contributed by atoms with van der Waals surface area (Å²) in [6.07, 6.45) is 1.40. The second kappa shape index (κ2) is 5.80. The molecule has 0 aliphatic carbocycles. The molecule has 0 saturated carbocycles. The second-order valence-electron chi connectivity index (χ2n) is 3.97. The number of aliphatic hydroxyl groups excluding tert-OH is 1. The zero-order valence-corrected chi connectivity index (χ0v) is 10.8. The van der Waals surface area contributed by atoms with E-state index in [-0.39, 0.29) is 6.61 Å². The van der Waals surface area contributed by atoms with Crippen LogP contribution in [0.5, 0.6) is 0 Å². The Kier molecular flexibility index (Phi) is 4.12. The van der Waals surface area contributed by atoms with Gasteiger partial charge in [-0.2, -0.15) is 0 Å². The van der Waals surface area contributed by atoms with Gasteiger partial charge >= 0.3 is 0 Å². The van der Waals surface area contributed by atoms with Crippen LogP contribution in [0.2, 0.25) is 5.15 Å². The van der Waals surface area contributed by atoms with Gasteiger partial charge in [0.1, 0.15) is 17.3 Å². The number of halogens is 1. The summed E-state index contributed by atoms with van der Waals surface area (Å²) in [7, 11) is 1.91. The maximum Gasteiger partial charge on any atom is 0.140 e. The minimum atomic E-state index is -0.172. The van der Waals surface area contributed by atoms with Crippen LogP contribution in [0, 0.1) is 0 Å². The van der Waals surface area contributed by atoms with Crippen LogP contribution in [0.3, 0.4) is 0 Å². The van der Waals surface area contributed by atoms with Crippen molar-refractivity contribution in [1.82, 2.24) is 9.97 Å². The van der Waals surface area contributed by atoms with E-state index in [1.54, 1.807) is 0 Å². The zero-order valence-electron chi connectivity index (χ0n) is 10.0. The van der Waals surface area contributed by atoms with Crippen molar-refractivity contribution in [2.24, 2.45) is 0 Å². The molecule has 0 atom stereocenters. The van der Waals surface area contributed by atoms with Gasteiger partial charge in [0.05, 0.1) is 12.2 Å². The van der Waals surface area contributed by atoms with E-state index in [9.17, 15) is 5.11 Å². The van der Waals surface area contributed by atoms with Crippen LogP contribution in [0.25, 0.3) is 0 Å². The molecule has 0 aliphatic rings. The first-order chi connectivity index (χ1) is 8.72. The Labute approximate surface area is 111 Å². The number of aromatic nitrogens is 2. The maximum atomic E-state index is 9.32. The molecular formula is C13H14ClN3O. The Hall–Kier alpha value is -1.65. The van der Waals surface area contributed by atoms with Gasteiger partial charge in [0.15, 0.2) is 0 Å². The molecule has 2 aromatic rings. The van der Waals surface area contributed by atoms with Crippen LogP contribution in [0.15, 0.2) is 36.7 Å². The molecule has 1 N–H and O–H groups in total. The van der Waals surface area contributed by atoms with Crippen LogP contribution < -0.4 is 4.90 Å². The molecule has 0 saturated heterocycles. The Balaban J connectivity index is 2.24. The van der Waals surface area contributed by atoms with Crippen molar-refractivity contribution in [1.29, 1.82) is 0 Å². The molecule has 0 spiro atoms. The molecule has 0 unspecified atom stereocenters. The summed E-state index contributed by atoms with van der Waals surface area (Å²) in [5.41, 5.74) is 1.72. The highest BCUT2D eigenvalue weighted by molar-refractivity contribution is 6.30. The van der Waals surface area contributed by atoms with E-state index in [2.05, 4.69) is 9.97 Å². The van der Waals surface area contributed by atoms with Gasteiger partial charge < -0.3 is 10.0 Å². The first-order valence-corrected chi connectivity index (χ1v) is 5.95. The van der Waals surface area contributed by atoms with Gasteiger partial charge in [0, 0.05) is 13.6 Å². The Morgan fingerprint density at radius 2 is 1.94 bits per heavy atom. The minimum Gasteiger partial charge on any atom is -0.391 e. The zero-order chi connectivity index (χ0) is 13.0. The summed E-state index contributed by atoms with van der Waals surface area (Å²) >= 11 is 5.94. The van der Waals surface area contributed by atoms with Gasteiger partial charge in [-0.3, -0.25) is 0 Å². The highest BCUT2D eigenvalue weighted by Crippen LogP contribution is 2.23. The molecule has 4 nitrogen and oxygen atoms in total. The molecule has 94 valence electrons. The van der Waals surface area contributed by atoms with Crippen molar-refractivity contribution in [2.45, 2.75) is 13.2 Å². The van der Waals surface area contributed by atoms with Gasteiger partial charge in [-0.1, -0.05) is 41.9 Å². The van der Waals surface area contributed by atoms with Crippen LogP contribution in [-0.4, -0.2) is 22.1 Å². The molecular weight excluding hydrogens is 250 g/mol. The third-order valence-electron chi connectivity index (χ3n) is 2.65. The fraction of sp³-hybridized carbons (Fsp3) is 0.231. The van der Waals surface area contributed by atoms with E-state index in [0.29, 0.717) is 23.1 Å². The summed E-state index contributed by atoms with van der Waals surface area (Å²) in [6.45, 7) is 0.523. The maximum absolute atomic E-state index is 9.32. The average molecular weight is 264 g/mol. The van der Waals surface area contributed by atoms with Crippen molar-refractivity contribution in [3.8, 4) is 0 Å². The third kappa shape index (κ3) is 2.78. The van der Waals surface area contributed by atoms with E-state index in [1.807, 2.05) is 42.3 Å². The number of hydrogen-bond donors (Lipinski definition) is 1. The van der Waals surface area contributed by atoms with Crippen LogP contribution in [0.4, 0.5) is 5.82 Å². The summed E-state index contributed by atoms with van der Waals surface area (Å²) < 4.78 is 0.